The third-order valence-corrected chi connectivity index (χ3v) is 5.20. The highest BCUT2D eigenvalue weighted by molar-refractivity contribution is 8.00. The van der Waals surface area contributed by atoms with Crippen molar-refractivity contribution < 1.29 is 0 Å². The van der Waals surface area contributed by atoms with Crippen LogP contribution in [0.15, 0.2) is 40.1 Å². The van der Waals surface area contributed by atoms with E-state index in [0.29, 0.717) is 5.13 Å². The van der Waals surface area contributed by atoms with Crippen LogP contribution >= 0.6 is 34.4 Å². The molecule has 0 aliphatic heterocycles. The summed E-state index contributed by atoms with van der Waals surface area (Å²) in [5.74, 6) is 0.790. The maximum absolute atomic E-state index is 5.55. The SMILES string of the molecule is Nc1nnc(SCc2csc(-c3ccccc3)n2)s1. The molecule has 3 aromatic rings. The van der Waals surface area contributed by atoms with E-state index in [1.54, 1.807) is 23.1 Å². The fourth-order valence-corrected chi connectivity index (χ4v) is 3.96. The van der Waals surface area contributed by atoms with Crippen LogP contribution in [0.3, 0.4) is 0 Å². The van der Waals surface area contributed by atoms with E-state index in [4.69, 9.17) is 5.73 Å². The predicted octanol–water partition coefficient (Wildman–Crippen LogP) is 3.54. The summed E-state index contributed by atoms with van der Waals surface area (Å²) >= 11 is 4.68. The number of nitrogens with two attached hydrogens (primary N) is 1. The van der Waals surface area contributed by atoms with E-state index in [0.717, 1.165) is 26.4 Å². The van der Waals surface area contributed by atoms with Crippen LogP contribution in [-0.4, -0.2) is 15.2 Å². The fraction of sp³-hybridized carbons (Fsp3) is 0.0833. The largest absolute Gasteiger partial charge is 0.374 e. The molecule has 0 unspecified atom stereocenters. The highest BCUT2D eigenvalue weighted by Gasteiger charge is 2.07. The van der Waals surface area contributed by atoms with Gasteiger partial charge in [0.05, 0.1) is 5.69 Å². The Morgan fingerprint density at radius 3 is 2.74 bits per heavy atom. The molecule has 0 amide bonds. The summed E-state index contributed by atoms with van der Waals surface area (Å²) < 4.78 is 0.881. The fourth-order valence-electron chi connectivity index (χ4n) is 1.50. The van der Waals surface area contributed by atoms with Crippen LogP contribution in [-0.2, 0) is 5.75 Å². The summed E-state index contributed by atoms with van der Waals surface area (Å²) in [5.41, 5.74) is 7.76. The molecule has 19 heavy (non-hydrogen) atoms. The molecule has 1 aromatic carbocycles. The van der Waals surface area contributed by atoms with Crippen LogP contribution in [0.4, 0.5) is 5.13 Å². The Hall–Kier alpha value is -1.44. The minimum atomic E-state index is 0.505. The molecule has 7 heteroatoms. The summed E-state index contributed by atoms with van der Waals surface area (Å²) in [6.45, 7) is 0. The van der Waals surface area contributed by atoms with Gasteiger partial charge in [-0.05, 0) is 0 Å². The number of thiazole rings is 1. The Balaban J connectivity index is 1.68. The number of benzene rings is 1. The molecule has 0 bridgehead atoms. The molecule has 0 spiro atoms. The molecule has 0 saturated heterocycles. The van der Waals surface area contributed by atoms with Crippen LogP contribution in [0.1, 0.15) is 5.69 Å². The van der Waals surface area contributed by atoms with Gasteiger partial charge in [0.2, 0.25) is 5.13 Å². The zero-order valence-corrected chi connectivity index (χ0v) is 12.3. The third-order valence-electron chi connectivity index (χ3n) is 2.34. The Kier molecular flexibility index (Phi) is 3.77. The van der Waals surface area contributed by atoms with Gasteiger partial charge in [0, 0.05) is 16.7 Å². The van der Waals surface area contributed by atoms with Crippen LogP contribution in [0.25, 0.3) is 10.6 Å². The molecule has 4 nitrogen and oxygen atoms in total. The van der Waals surface area contributed by atoms with Crippen molar-refractivity contribution in [2.75, 3.05) is 5.73 Å². The molecule has 3 rings (SSSR count). The van der Waals surface area contributed by atoms with Crippen molar-refractivity contribution in [3.05, 3.63) is 41.4 Å². The molecule has 0 fully saturated rings. The zero-order valence-electron chi connectivity index (χ0n) is 9.81. The van der Waals surface area contributed by atoms with Gasteiger partial charge in [-0.2, -0.15) is 0 Å². The molecular weight excluding hydrogens is 296 g/mol. The number of aromatic nitrogens is 3. The number of hydrogen-bond acceptors (Lipinski definition) is 7. The van der Waals surface area contributed by atoms with Gasteiger partial charge in [0.15, 0.2) is 4.34 Å². The summed E-state index contributed by atoms with van der Waals surface area (Å²) in [6, 6.07) is 10.2. The molecule has 96 valence electrons. The number of nitrogens with zero attached hydrogens (tertiary/aromatic N) is 3. The molecule has 2 aromatic heterocycles. The second-order valence-corrected chi connectivity index (χ2v) is 6.79. The lowest BCUT2D eigenvalue weighted by Gasteiger charge is -1.94. The van der Waals surface area contributed by atoms with Crippen LogP contribution in [0.2, 0.25) is 0 Å². The third kappa shape index (κ3) is 3.12. The Morgan fingerprint density at radius 1 is 1.16 bits per heavy atom. The van der Waals surface area contributed by atoms with E-state index in [1.165, 1.54) is 11.3 Å². The van der Waals surface area contributed by atoms with Gasteiger partial charge in [-0.3, -0.25) is 0 Å². The van der Waals surface area contributed by atoms with E-state index in [2.05, 4.69) is 32.7 Å². The summed E-state index contributed by atoms with van der Waals surface area (Å²) in [4.78, 5) is 4.63. The maximum atomic E-state index is 5.55. The monoisotopic (exact) mass is 306 g/mol. The minimum absolute atomic E-state index is 0.505. The number of nitrogen functional groups attached to an aromatic ring is 1. The molecule has 0 aliphatic rings. The summed E-state index contributed by atoms with van der Waals surface area (Å²) in [6.07, 6.45) is 0. The smallest absolute Gasteiger partial charge is 0.203 e. The van der Waals surface area contributed by atoms with E-state index in [9.17, 15) is 0 Å². The normalized spacial score (nSPS) is 10.7. The predicted molar refractivity (Wildman–Crippen MR) is 81.4 cm³/mol. The average molecular weight is 306 g/mol. The van der Waals surface area contributed by atoms with Gasteiger partial charge in [0.25, 0.3) is 0 Å². The molecule has 0 radical (unpaired) electrons. The van der Waals surface area contributed by atoms with Gasteiger partial charge < -0.3 is 5.73 Å². The Labute approximate surface area is 122 Å². The average Bonchev–Trinajstić information content (AvgIpc) is 3.06. The summed E-state index contributed by atoms with van der Waals surface area (Å²) in [7, 11) is 0. The van der Waals surface area contributed by atoms with Crippen LogP contribution in [0, 0.1) is 0 Å². The highest BCUT2D eigenvalue weighted by Crippen LogP contribution is 2.29. The standard InChI is InChI=1S/C12H10N4S3/c13-11-15-16-12(19-11)18-7-9-6-17-10(14-9)8-4-2-1-3-5-8/h1-6H,7H2,(H2,13,15). The second-order valence-electron chi connectivity index (χ2n) is 3.70. The number of hydrogen-bond donors (Lipinski definition) is 1. The lowest BCUT2D eigenvalue weighted by molar-refractivity contribution is 1.02. The molecule has 0 atom stereocenters. The molecular formula is C12H10N4S3. The quantitative estimate of drug-likeness (QED) is 0.747. The van der Waals surface area contributed by atoms with Crippen LogP contribution < -0.4 is 5.73 Å². The first-order valence-corrected chi connectivity index (χ1v) is 8.21. The van der Waals surface area contributed by atoms with Crippen molar-refractivity contribution in [3.8, 4) is 10.6 Å². The van der Waals surface area contributed by atoms with Crippen molar-refractivity contribution in [3.63, 3.8) is 0 Å². The Morgan fingerprint density at radius 2 is 2.00 bits per heavy atom. The van der Waals surface area contributed by atoms with E-state index in [-0.39, 0.29) is 0 Å². The second kappa shape index (κ2) is 5.68. The first kappa shape index (κ1) is 12.6. The van der Waals surface area contributed by atoms with Gasteiger partial charge in [-0.15, -0.1) is 21.5 Å². The topological polar surface area (TPSA) is 64.7 Å². The van der Waals surface area contributed by atoms with E-state index >= 15 is 0 Å². The molecule has 0 saturated carbocycles. The van der Waals surface area contributed by atoms with Crippen molar-refractivity contribution >= 4 is 39.6 Å². The van der Waals surface area contributed by atoms with Crippen molar-refractivity contribution in [1.29, 1.82) is 0 Å². The zero-order chi connectivity index (χ0) is 13.1. The lowest BCUT2D eigenvalue weighted by atomic mass is 10.2. The van der Waals surface area contributed by atoms with E-state index in [1.807, 2.05) is 18.2 Å². The van der Waals surface area contributed by atoms with Gasteiger partial charge in [-0.1, -0.05) is 53.4 Å². The van der Waals surface area contributed by atoms with Gasteiger partial charge >= 0.3 is 0 Å². The first-order valence-electron chi connectivity index (χ1n) is 5.53. The van der Waals surface area contributed by atoms with Gasteiger partial charge in [0.1, 0.15) is 5.01 Å². The molecule has 2 heterocycles. The number of anilines is 1. The van der Waals surface area contributed by atoms with Gasteiger partial charge in [-0.25, -0.2) is 4.98 Å². The van der Waals surface area contributed by atoms with Crippen molar-refractivity contribution in [1.82, 2.24) is 15.2 Å². The van der Waals surface area contributed by atoms with Crippen LogP contribution in [0.5, 0.6) is 0 Å². The Bertz CT molecular complexity index is 662. The molecule has 2 N–H and O–H groups in total. The van der Waals surface area contributed by atoms with Crippen molar-refractivity contribution in [2.45, 2.75) is 10.1 Å². The minimum Gasteiger partial charge on any atom is -0.374 e. The summed E-state index contributed by atoms with van der Waals surface area (Å²) in [5, 5.41) is 11.4. The maximum Gasteiger partial charge on any atom is 0.203 e. The number of thioether (sulfide) groups is 1. The first-order chi connectivity index (χ1) is 9.31. The molecule has 0 aliphatic carbocycles. The van der Waals surface area contributed by atoms with E-state index < -0.39 is 0 Å². The number of rotatable bonds is 4. The van der Waals surface area contributed by atoms with Crippen molar-refractivity contribution in [2.24, 2.45) is 0 Å². The highest BCUT2D eigenvalue weighted by atomic mass is 32.2. The lowest BCUT2D eigenvalue weighted by Crippen LogP contribution is -1.82.